The number of aromatic nitrogens is 1. The van der Waals surface area contributed by atoms with Gasteiger partial charge < -0.3 is 4.74 Å². The summed E-state index contributed by atoms with van der Waals surface area (Å²) in [6, 6.07) is 3.85. The minimum absolute atomic E-state index is 0.318. The number of anilines is 1. The van der Waals surface area contributed by atoms with Crippen molar-refractivity contribution in [2.24, 2.45) is 0 Å². The van der Waals surface area contributed by atoms with Crippen LogP contribution in [0.2, 0.25) is 0 Å². The molecule has 2 heterocycles. The zero-order valence-corrected chi connectivity index (χ0v) is 9.86. The van der Waals surface area contributed by atoms with E-state index in [9.17, 15) is 4.79 Å². The fourth-order valence-corrected chi connectivity index (χ4v) is 1.73. The summed E-state index contributed by atoms with van der Waals surface area (Å²) in [5, 5.41) is 0. The van der Waals surface area contributed by atoms with Crippen LogP contribution in [0.3, 0.4) is 0 Å². The second kappa shape index (κ2) is 3.77. The lowest BCUT2D eigenvalue weighted by molar-refractivity contribution is 0.0871. The normalized spacial score (nSPS) is 18.7. The molecule has 0 bridgehead atoms. The molecule has 1 aromatic rings. The average Bonchev–Trinajstić information content (AvgIpc) is 2.52. The summed E-state index contributed by atoms with van der Waals surface area (Å²) in [4.78, 5) is 17.5. The van der Waals surface area contributed by atoms with E-state index in [2.05, 4.69) is 11.9 Å². The monoisotopic (exact) mass is 220 g/mol. The van der Waals surface area contributed by atoms with Gasteiger partial charge in [-0.25, -0.2) is 9.78 Å². The first-order chi connectivity index (χ1) is 7.52. The Balaban J connectivity index is 2.21. The van der Waals surface area contributed by atoms with Crippen molar-refractivity contribution in [1.29, 1.82) is 0 Å². The second-order valence-corrected chi connectivity index (χ2v) is 4.59. The number of hydrogen-bond acceptors (Lipinski definition) is 3. The number of cyclic esters (lactones) is 1. The lowest BCUT2D eigenvalue weighted by Gasteiger charge is -2.14. The lowest BCUT2D eigenvalue weighted by Crippen LogP contribution is -2.28. The third kappa shape index (κ3) is 2.01. The molecule has 1 aromatic heterocycles. The fourth-order valence-electron chi connectivity index (χ4n) is 1.73. The summed E-state index contributed by atoms with van der Waals surface area (Å²) in [5.74, 6) is 0.660. The minimum atomic E-state index is -0.428. The van der Waals surface area contributed by atoms with E-state index in [0.29, 0.717) is 12.4 Å². The third-order valence-corrected chi connectivity index (χ3v) is 2.62. The molecular weight excluding hydrogens is 204 g/mol. The van der Waals surface area contributed by atoms with Crippen molar-refractivity contribution >= 4 is 11.9 Å². The van der Waals surface area contributed by atoms with E-state index < -0.39 is 5.60 Å². The van der Waals surface area contributed by atoms with E-state index >= 15 is 0 Å². The smallest absolute Gasteiger partial charge is 0.416 e. The van der Waals surface area contributed by atoms with Gasteiger partial charge >= 0.3 is 6.09 Å². The van der Waals surface area contributed by atoms with E-state index in [4.69, 9.17) is 4.74 Å². The van der Waals surface area contributed by atoms with Gasteiger partial charge in [0, 0.05) is 6.20 Å². The highest BCUT2D eigenvalue weighted by Gasteiger charge is 2.38. The van der Waals surface area contributed by atoms with Gasteiger partial charge in [0.05, 0.1) is 6.54 Å². The Morgan fingerprint density at radius 3 is 2.69 bits per heavy atom. The Bertz CT molecular complexity index is 398. The zero-order valence-electron chi connectivity index (χ0n) is 9.86. The van der Waals surface area contributed by atoms with Gasteiger partial charge in [-0.3, -0.25) is 4.90 Å². The van der Waals surface area contributed by atoms with Crippen LogP contribution < -0.4 is 4.90 Å². The maximum atomic E-state index is 11.6. The largest absolute Gasteiger partial charge is 0.441 e. The van der Waals surface area contributed by atoms with Crippen LogP contribution >= 0.6 is 0 Å². The first kappa shape index (κ1) is 10.9. The van der Waals surface area contributed by atoms with Crippen LogP contribution in [-0.2, 0) is 11.2 Å². The molecule has 4 nitrogen and oxygen atoms in total. The summed E-state index contributed by atoms with van der Waals surface area (Å²) in [5.41, 5.74) is 0.734. The highest BCUT2D eigenvalue weighted by Crippen LogP contribution is 2.25. The Kier molecular flexibility index (Phi) is 2.58. The number of pyridine rings is 1. The molecule has 1 fully saturated rings. The SMILES string of the molecule is CCc1ccc(N2CC(C)(C)OC2=O)nc1. The van der Waals surface area contributed by atoms with E-state index in [1.165, 1.54) is 0 Å². The number of hydrogen-bond donors (Lipinski definition) is 0. The molecule has 4 heteroatoms. The predicted octanol–water partition coefficient (Wildman–Crippen LogP) is 2.38. The quantitative estimate of drug-likeness (QED) is 0.768. The molecule has 86 valence electrons. The minimum Gasteiger partial charge on any atom is -0.441 e. The first-order valence-corrected chi connectivity index (χ1v) is 5.47. The fraction of sp³-hybridized carbons (Fsp3) is 0.500. The van der Waals surface area contributed by atoms with Crippen LogP contribution in [0.15, 0.2) is 18.3 Å². The van der Waals surface area contributed by atoms with Crippen LogP contribution in [-0.4, -0.2) is 23.2 Å². The van der Waals surface area contributed by atoms with Crippen molar-refractivity contribution in [2.45, 2.75) is 32.8 Å². The maximum absolute atomic E-state index is 11.6. The van der Waals surface area contributed by atoms with Crippen LogP contribution in [0.1, 0.15) is 26.3 Å². The van der Waals surface area contributed by atoms with Crippen molar-refractivity contribution in [3.63, 3.8) is 0 Å². The molecule has 16 heavy (non-hydrogen) atoms. The highest BCUT2D eigenvalue weighted by molar-refractivity contribution is 5.88. The van der Waals surface area contributed by atoms with Gasteiger partial charge in [0.2, 0.25) is 0 Å². The number of carbonyl (C=O) groups is 1. The average molecular weight is 220 g/mol. The summed E-state index contributed by atoms with van der Waals surface area (Å²) in [6.07, 6.45) is 2.43. The van der Waals surface area contributed by atoms with Gasteiger partial charge in [0.1, 0.15) is 11.4 Å². The summed E-state index contributed by atoms with van der Waals surface area (Å²) < 4.78 is 5.22. The standard InChI is InChI=1S/C12H16N2O2/c1-4-9-5-6-10(13-7-9)14-8-12(2,3)16-11(14)15/h5-7H,4,8H2,1-3H3. The molecule has 0 spiro atoms. The zero-order chi connectivity index (χ0) is 11.8. The van der Waals surface area contributed by atoms with Gasteiger partial charge in [0.15, 0.2) is 0 Å². The van der Waals surface area contributed by atoms with Crippen molar-refractivity contribution in [3.8, 4) is 0 Å². The van der Waals surface area contributed by atoms with E-state index in [-0.39, 0.29) is 6.09 Å². The highest BCUT2D eigenvalue weighted by atomic mass is 16.6. The molecule has 1 aliphatic heterocycles. The number of carbonyl (C=O) groups excluding carboxylic acids is 1. The van der Waals surface area contributed by atoms with Crippen LogP contribution in [0.25, 0.3) is 0 Å². The van der Waals surface area contributed by atoms with Gasteiger partial charge in [-0.1, -0.05) is 13.0 Å². The predicted molar refractivity (Wildman–Crippen MR) is 61.5 cm³/mol. The first-order valence-electron chi connectivity index (χ1n) is 5.47. The Morgan fingerprint density at radius 2 is 2.25 bits per heavy atom. The maximum Gasteiger partial charge on any atom is 0.416 e. The molecule has 1 saturated heterocycles. The van der Waals surface area contributed by atoms with Gasteiger partial charge in [0.25, 0.3) is 0 Å². The van der Waals surface area contributed by atoms with Crippen molar-refractivity contribution in [2.75, 3.05) is 11.4 Å². The molecule has 0 unspecified atom stereocenters. The number of aryl methyl sites for hydroxylation is 1. The topological polar surface area (TPSA) is 42.4 Å². The van der Waals surface area contributed by atoms with Gasteiger partial charge in [-0.05, 0) is 31.9 Å². The molecule has 0 N–H and O–H groups in total. The molecule has 0 aromatic carbocycles. The van der Waals surface area contributed by atoms with E-state index in [1.807, 2.05) is 26.0 Å². The molecule has 0 saturated carbocycles. The van der Waals surface area contributed by atoms with Gasteiger partial charge in [-0.15, -0.1) is 0 Å². The Morgan fingerprint density at radius 1 is 1.50 bits per heavy atom. The number of amides is 1. The molecule has 1 amide bonds. The molecule has 0 atom stereocenters. The molecule has 2 rings (SSSR count). The van der Waals surface area contributed by atoms with Gasteiger partial charge in [-0.2, -0.15) is 0 Å². The molecule has 0 aliphatic carbocycles. The van der Waals surface area contributed by atoms with Crippen LogP contribution in [0.5, 0.6) is 0 Å². The van der Waals surface area contributed by atoms with Crippen LogP contribution in [0, 0.1) is 0 Å². The van der Waals surface area contributed by atoms with Crippen molar-refractivity contribution in [1.82, 2.24) is 4.98 Å². The summed E-state index contributed by atoms with van der Waals surface area (Å²) in [6.45, 7) is 6.41. The van der Waals surface area contributed by atoms with Crippen LogP contribution in [0.4, 0.5) is 10.6 Å². The summed E-state index contributed by atoms with van der Waals surface area (Å²) >= 11 is 0. The molecule has 1 aliphatic rings. The molecule has 0 radical (unpaired) electrons. The second-order valence-electron chi connectivity index (χ2n) is 4.59. The third-order valence-electron chi connectivity index (χ3n) is 2.62. The van der Waals surface area contributed by atoms with Crippen molar-refractivity contribution < 1.29 is 9.53 Å². The summed E-state index contributed by atoms with van der Waals surface area (Å²) in [7, 11) is 0. The number of rotatable bonds is 2. The number of nitrogens with zero attached hydrogens (tertiary/aromatic N) is 2. The van der Waals surface area contributed by atoms with E-state index in [1.54, 1.807) is 11.1 Å². The van der Waals surface area contributed by atoms with E-state index in [0.717, 1.165) is 12.0 Å². The number of ether oxygens (including phenoxy) is 1. The Labute approximate surface area is 95.2 Å². The molecular formula is C12H16N2O2. The lowest BCUT2D eigenvalue weighted by atomic mass is 10.1. The van der Waals surface area contributed by atoms with Crippen molar-refractivity contribution in [3.05, 3.63) is 23.9 Å². The Hall–Kier alpha value is -1.58.